The van der Waals surface area contributed by atoms with Gasteiger partial charge in [0.2, 0.25) is 0 Å². The van der Waals surface area contributed by atoms with E-state index in [1.54, 1.807) is 0 Å². The van der Waals surface area contributed by atoms with Gasteiger partial charge in [0.25, 0.3) is 5.91 Å². The molecule has 0 radical (unpaired) electrons. The van der Waals surface area contributed by atoms with E-state index in [-0.39, 0.29) is 18.7 Å². The van der Waals surface area contributed by atoms with Gasteiger partial charge in [-0.3, -0.25) is 4.79 Å². The lowest BCUT2D eigenvalue weighted by Gasteiger charge is -2.00. The molecule has 0 fully saturated rings. The van der Waals surface area contributed by atoms with E-state index < -0.39 is 5.91 Å². The van der Waals surface area contributed by atoms with Gasteiger partial charge >= 0.3 is 0 Å². The highest BCUT2D eigenvalue weighted by Gasteiger charge is 2.07. The van der Waals surface area contributed by atoms with Crippen LogP contribution in [0.4, 0.5) is 0 Å². The largest absolute Gasteiger partial charge is 0.395 e. The van der Waals surface area contributed by atoms with Gasteiger partial charge in [0.15, 0.2) is 0 Å². The number of rotatable bonds is 4. The van der Waals surface area contributed by atoms with Gasteiger partial charge in [0, 0.05) is 11.4 Å². The second-order valence-electron chi connectivity index (χ2n) is 2.66. The molecule has 1 heterocycles. The molecule has 1 amide bonds. The standard InChI is InChI=1S/C10H10N2O2S/c11-7-8(10(14)12-3-4-13)6-9-2-1-5-15-9/h1-2,5-6,13H,3-4H2,(H,12,14). The van der Waals surface area contributed by atoms with Gasteiger partial charge in [-0.2, -0.15) is 5.26 Å². The third-order valence-corrected chi connectivity index (χ3v) is 2.41. The monoisotopic (exact) mass is 222 g/mol. The van der Waals surface area contributed by atoms with Crippen LogP contribution in [0.1, 0.15) is 4.88 Å². The van der Waals surface area contributed by atoms with Crippen molar-refractivity contribution in [2.24, 2.45) is 0 Å². The minimum atomic E-state index is -0.458. The number of carbonyl (C=O) groups is 1. The predicted molar refractivity (Wildman–Crippen MR) is 58.0 cm³/mol. The van der Waals surface area contributed by atoms with Crippen molar-refractivity contribution in [3.8, 4) is 6.07 Å². The number of amides is 1. The molecule has 1 rings (SSSR count). The maximum absolute atomic E-state index is 11.4. The quantitative estimate of drug-likeness (QED) is 0.583. The van der Waals surface area contributed by atoms with Crippen LogP contribution in [0.25, 0.3) is 6.08 Å². The highest BCUT2D eigenvalue weighted by Crippen LogP contribution is 2.12. The summed E-state index contributed by atoms with van der Waals surface area (Å²) in [5.41, 5.74) is 0.0471. The Morgan fingerprint density at radius 3 is 3.07 bits per heavy atom. The van der Waals surface area contributed by atoms with Crippen LogP contribution >= 0.6 is 11.3 Å². The summed E-state index contributed by atoms with van der Waals surface area (Å²) < 4.78 is 0. The lowest BCUT2D eigenvalue weighted by molar-refractivity contribution is -0.117. The summed E-state index contributed by atoms with van der Waals surface area (Å²) in [6.45, 7) is 0.0196. The third kappa shape index (κ3) is 3.54. The zero-order valence-electron chi connectivity index (χ0n) is 7.93. The first-order valence-corrected chi connectivity index (χ1v) is 5.20. The summed E-state index contributed by atoms with van der Waals surface area (Å²) in [5, 5.41) is 21.6. The zero-order valence-corrected chi connectivity index (χ0v) is 8.75. The van der Waals surface area contributed by atoms with Crippen molar-refractivity contribution in [3.05, 3.63) is 28.0 Å². The number of nitriles is 1. The van der Waals surface area contributed by atoms with Crippen LogP contribution in [0, 0.1) is 11.3 Å². The van der Waals surface area contributed by atoms with E-state index in [1.165, 1.54) is 17.4 Å². The Morgan fingerprint density at radius 1 is 1.73 bits per heavy atom. The number of hydrogen-bond donors (Lipinski definition) is 2. The van der Waals surface area contributed by atoms with Crippen molar-refractivity contribution in [1.29, 1.82) is 5.26 Å². The van der Waals surface area contributed by atoms with Crippen molar-refractivity contribution in [2.75, 3.05) is 13.2 Å². The average Bonchev–Trinajstić information content (AvgIpc) is 2.75. The van der Waals surface area contributed by atoms with Gasteiger partial charge in [-0.15, -0.1) is 11.3 Å². The molecule has 2 N–H and O–H groups in total. The molecule has 0 aliphatic rings. The fourth-order valence-corrected chi connectivity index (χ4v) is 1.59. The van der Waals surface area contributed by atoms with Crippen molar-refractivity contribution < 1.29 is 9.90 Å². The molecule has 0 atom stereocenters. The number of aliphatic hydroxyl groups excluding tert-OH is 1. The lowest BCUT2D eigenvalue weighted by atomic mass is 10.2. The lowest BCUT2D eigenvalue weighted by Crippen LogP contribution is -2.27. The van der Waals surface area contributed by atoms with Crippen LogP contribution in [0.15, 0.2) is 23.1 Å². The van der Waals surface area contributed by atoms with Crippen LogP contribution in [-0.4, -0.2) is 24.2 Å². The van der Waals surface area contributed by atoms with E-state index in [0.29, 0.717) is 0 Å². The van der Waals surface area contributed by atoms with Crippen molar-refractivity contribution in [3.63, 3.8) is 0 Å². The number of hydrogen-bond acceptors (Lipinski definition) is 4. The van der Waals surface area contributed by atoms with Gasteiger partial charge in [0.05, 0.1) is 6.61 Å². The van der Waals surface area contributed by atoms with Crippen molar-refractivity contribution in [2.45, 2.75) is 0 Å². The Morgan fingerprint density at radius 2 is 2.53 bits per heavy atom. The Balaban J connectivity index is 2.72. The Hall–Kier alpha value is -1.64. The smallest absolute Gasteiger partial charge is 0.262 e. The molecule has 4 nitrogen and oxygen atoms in total. The minimum Gasteiger partial charge on any atom is -0.395 e. The van der Waals surface area contributed by atoms with Crippen molar-refractivity contribution >= 4 is 23.3 Å². The highest BCUT2D eigenvalue weighted by molar-refractivity contribution is 7.10. The fourth-order valence-electron chi connectivity index (χ4n) is 0.929. The predicted octanol–water partition coefficient (Wildman–Crippen LogP) is 0.764. The number of thiophene rings is 1. The van der Waals surface area contributed by atoms with E-state index in [4.69, 9.17) is 10.4 Å². The molecular formula is C10H10N2O2S. The Kier molecular flexibility index (Phi) is 4.54. The van der Waals surface area contributed by atoms with Crippen LogP contribution in [0.5, 0.6) is 0 Å². The Bertz CT molecular complexity index is 390. The minimum absolute atomic E-state index is 0.0471. The molecule has 0 aliphatic carbocycles. The number of carbonyl (C=O) groups excluding carboxylic acids is 1. The molecule has 0 saturated heterocycles. The highest BCUT2D eigenvalue weighted by atomic mass is 32.1. The summed E-state index contributed by atoms with van der Waals surface area (Å²) in [7, 11) is 0. The number of nitrogens with zero attached hydrogens (tertiary/aromatic N) is 1. The SMILES string of the molecule is N#CC(=Cc1cccs1)C(=O)NCCO. The summed E-state index contributed by atoms with van der Waals surface area (Å²) in [5.74, 6) is -0.458. The number of nitrogens with one attached hydrogen (secondary N) is 1. The average molecular weight is 222 g/mol. The summed E-state index contributed by atoms with van der Waals surface area (Å²) in [4.78, 5) is 12.2. The fraction of sp³-hybridized carbons (Fsp3) is 0.200. The first kappa shape index (κ1) is 11.4. The van der Waals surface area contributed by atoms with E-state index >= 15 is 0 Å². The molecule has 0 aliphatic heterocycles. The molecule has 5 heteroatoms. The van der Waals surface area contributed by atoms with Gasteiger partial charge in [0.1, 0.15) is 11.6 Å². The second-order valence-corrected chi connectivity index (χ2v) is 3.64. The first-order valence-electron chi connectivity index (χ1n) is 4.32. The van der Waals surface area contributed by atoms with E-state index in [0.717, 1.165) is 4.88 Å². The van der Waals surface area contributed by atoms with Crippen molar-refractivity contribution in [1.82, 2.24) is 5.32 Å². The molecule has 1 aromatic heterocycles. The van der Waals surface area contributed by atoms with E-state index in [9.17, 15) is 4.79 Å². The number of aliphatic hydroxyl groups is 1. The first-order chi connectivity index (χ1) is 7.27. The zero-order chi connectivity index (χ0) is 11.1. The van der Waals surface area contributed by atoms with E-state index in [1.807, 2.05) is 23.6 Å². The van der Waals surface area contributed by atoms with Gasteiger partial charge < -0.3 is 10.4 Å². The second kappa shape index (κ2) is 5.96. The topological polar surface area (TPSA) is 73.1 Å². The van der Waals surface area contributed by atoms with Crippen LogP contribution in [-0.2, 0) is 4.79 Å². The molecule has 1 aromatic rings. The summed E-state index contributed by atoms with van der Waals surface area (Å²) in [6.07, 6.45) is 1.53. The van der Waals surface area contributed by atoms with E-state index in [2.05, 4.69) is 5.32 Å². The van der Waals surface area contributed by atoms with Gasteiger partial charge in [-0.05, 0) is 17.5 Å². The normalized spacial score (nSPS) is 10.8. The molecule has 78 valence electrons. The maximum atomic E-state index is 11.4. The molecule has 0 aromatic carbocycles. The van der Waals surface area contributed by atoms with Gasteiger partial charge in [-0.1, -0.05) is 6.07 Å². The van der Waals surface area contributed by atoms with Crippen LogP contribution < -0.4 is 5.32 Å². The maximum Gasteiger partial charge on any atom is 0.262 e. The summed E-state index contributed by atoms with van der Waals surface area (Å²) in [6, 6.07) is 5.49. The van der Waals surface area contributed by atoms with Crippen LogP contribution in [0.3, 0.4) is 0 Å². The summed E-state index contributed by atoms with van der Waals surface area (Å²) >= 11 is 1.45. The third-order valence-electron chi connectivity index (χ3n) is 1.59. The molecule has 0 saturated carbocycles. The van der Waals surface area contributed by atoms with Crippen LogP contribution in [0.2, 0.25) is 0 Å². The molecule has 0 spiro atoms. The molecule has 0 unspecified atom stereocenters. The molecule has 15 heavy (non-hydrogen) atoms. The molecular weight excluding hydrogens is 212 g/mol. The molecule has 0 bridgehead atoms. The van der Waals surface area contributed by atoms with Gasteiger partial charge in [-0.25, -0.2) is 0 Å². The Labute approximate surface area is 91.5 Å².